The summed E-state index contributed by atoms with van der Waals surface area (Å²) in [5.74, 6) is 0.850. The highest BCUT2D eigenvalue weighted by Crippen LogP contribution is 2.20. The Labute approximate surface area is 109 Å². The van der Waals surface area contributed by atoms with Crippen molar-refractivity contribution in [1.82, 2.24) is 0 Å². The number of esters is 1. The molecule has 0 aliphatic heterocycles. The Bertz CT molecular complexity index is 394. The second-order valence-electron chi connectivity index (χ2n) is 5.42. The van der Waals surface area contributed by atoms with Gasteiger partial charge in [-0.2, -0.15) is 0 Å². The molecule has 3 nitrogen and oxygen atoms in total. The van der Waals surface area contributed by atoms with Crippen molar-refractivity contribution in [2.45, 2.75) is 39.7 Å². The van der Waals surface area contributed by atoms with Gasteiger partial charge in [-0.15, -0.1) is 0 Å². The lowest BCUT2D eigenvalue weighted by Gasteiger charge is -2.20. The lowest BCUT2D eigenvalue weighted by Crippen LogP contribution is -2.24. The van der Waals surface area contributed by atoms with Crippen LogP contribution in [0.3, 0.4) is 0 Å². The molecular formula is C15H22O3. The van der Waals surface area contributed by atoms with Gasteiger partial charge < -0.3 is 9.47 Å². The molecule has 0 saturated carbocycles. The first kappa shape index (κ1) is 14.6. The van der Waals surface area contributed by atoms with E-state index in [1.807, 2.05) is 45.1 Å². The third-order valence-corrected chi connectivity index (χ3v) is 2.52. The SMILES string of the molecule is COC1=CCC(/C=C(\C)C(=O)OC(C)(C)C)C=C1. The summed E-state index contributed by atoms with van der Waals surface area (Å²) in [4.78, 5) is 11.8. The van der Waals surface area contributed by atoms with E-state index in [0.29, 0.717) is 5.57 Å². The molecule has 1 aliphatic rings. The fourth-order valence-corrected chi connectivity index (χ4v) is 1.64. The highest BCUT2D eigenvalue weighted by atomic mass is 16.6. The van der Waals surface area contributed by atoms with Crippen LogP contribution in [0.25, 0.3) is 0 Å². The van der Waals surface area contributed by atoms with Gasteiger partial charge in [-0.25, -0.2) is 4.79 Å². The van der Waals surface area contributed by atoms with Gasteiger partial charge in [-0.05, 0) is 52.2 Å². The fourth-order valence-electron chi connectivity index (χ4n) is 1.64. The van der Waals surface area contributed by atoms with Crippen molar-refractivity contribution in [3.63, 3.8) is 0 Å². The Balaban J connectivity index is 2.61. The van der Waals surface area contributed by atoms with Gasteiger partial charge in [-0.3, -0.25) is 0 Å². The zero-order chi connectivity index (χ0) is 13.8. The zero-order valence-corrected chi connectivity index (χ0v) is 11.8. The summed E-state index contributed by atoms with van der Waals surface area (Å²) in [5, 5.41) is 0. The van der Waals surface area contributed by atoms with E-state index in [2.05, 4.69) is 0 Å². The van der Waals surface area contributed by atoms with Crippen LogP contribution in [0, 0.1) is 5.92 Å². The second-order valence-corrected chi connectivity index (χ2v) is 5.42. The molecule has 1 atom stereocenters. The molecule has 0 bridgehead atoms. The molecule has 0 aromatic carbocycles. The van der Waals surface area contributed by atoms with Crippen LogP contribution in [0.15, 0.2) is 35.6 Å². The number of rotatable bonds is 3. The first-order chi connectivity index (χ1) is 8.31. The van der Waals surface area contributed by atoms with Crippen LogP contribution >= 0.6 is 0 Å². The Kier molecular flexibility index (Phi) is 4.76. The number of ether oxygens (including phenoxy) is 2. The van der Waals surface area contributed by atoms with Crippen molar-refractivity contribution < 1.29 is 14.3 Å². The van der Waals surface area contributed by atoms with Gasteiger partial charge >= 0.3 is 5.97 Å². The van der Waals surface area contributed by atoms with Crippen LogP contribution in [0.1, 0.15) is 34.1 Å². The number of hydrogen-bond acceptors (Lipinski definition) is 3. The standard InChI is InChI=1S/C15H22O3/c1-11(14(16)18-15(2,3)4)10-12-6-8-13(17-5)9-7-12/h6,8-10,12H,7H2,1-5H3/b11-10+. The molecule has 1 unspecified atom stereocenters. The molecule has 0 heterocycles. The predicted molar refractivity (Wildman–Crippen MR) is 71.9 cm³/mol. The number of methoxy groups -OCH3 is 1. The average molecular weight is 250 g/mol. The summed E-state index contributed by atoms with van der Waals surface area (Å²) in [6.45, 7) is 7.39. The first-order valence-electron chi connectivity index (χ1n) is 6.16. The van der Waals surface area contributed by atoms with E-state index >= 15 is 0 Å². The lowest BCUT2D eigenvalue weighted by molar-refractivity contribution is -0.149. The molecule has 0 spiro atoms. The van der Waals surface area contributed by atoms with E-state index in [0.717, 1.165) is 12.2 Å². The minimum Gasteiger partial charge on any atom is -0.497 e. The third kappa shape index (κ3) is 4.78. The second kappa shape index (κ2) is 5.89. The number of carbonyl (C=O) groups excluding carboxylic acids is 1. The van der Waals surface area contributed by atoms with E-state index < -0.39 is 5.60 Å². The Morgan fingerprint density at radius 2 is 2.11 bits per heavy atom. The van der Waals surface area contributed by atoms with E-state index in [4.69, 9.17) is 9.47 Å². The molecule has 0 fully saturated rings. The molecular weight excluding hydrogens is 228 g/mol. The van der Waals surface area contributed by atoms with Gasteiger partial charge in [-0.1, -0.05) is 12.2 Å². The smallest absolute Gasteiger partial charge is 0.333 e. The minimum atomic E-state index is -0.447. The first-order valence-corrected chi connectivity index (χ1v) is 6.16. The van der Waals surface area contributed by atoms with Crippen molar-refractivity contribution in [3.8, 4) is 0 Å². The molecule has 0 aromatic heterocycles. The zero-order valence-electron chi connectivity index (χ0n) is 11.8. The molecule has 0 saturated heterocycles. The molecule has 1 rings (SSSR count). The van der Waals surface area contributed by atoms with Gasteiger partial charge in [0.15, 0.2) is 0 Å². The Hall–Kier alpha value is -1.51. The number of hydrogen-bond donors (Lipinski definition) is 0. The largest absolute Gasteiger partial charge is 0.497 e. The minimum absolute atomic E-state index is 0.233. The molecule has 18 heavy (non-hydrogen) atoms. The van der Waals surface area contributed by atoms with E-state index in [9.17, 15) is 4.79 Å². The number of carbonyl (C=O) groups is 1. The maximum atomic E-state index is 11.8. The molecule has 100 valence electrons. The summed E-state index contributed by atoms with van der Waals surface area (Å²) >= 11 is 0. The Morgan fingerprint density at radius 3 is 2.56 bits per heavy atom. The normalized spacial score (nSPS) is 20.4. The molecule has 0 N–H and O–H groups in total. The molecule has 3 heteroatoms. The van der Waals surface area contributed by atoms with E-state index in [1.54, 1.807) is 14.0 Å². The van der Waals surface area contributed by atoms with Crippen LogP contribution in [-0.2, 0) is 14.3 Å². The molecule has 1 aliphatic carbocycles. The van der Waals surface area contributed by atoms with Crippen molar-refractivity contribution >= 4 is 5.97 Å². The fraction of sp³-hybridized carbons (Fsp3) is 0.533. The summed E-state index contributed by atoms with van der Waals surface area (Å²) in [6.07, 6.45) is 8.76. The van der Waals surface area contributed by atoms with Gasteiger partial charge in [0.1, 0.15) is 11.4 Å². The van der Waals surface area contributed by atoms with Crippen LogP contribution in [0.5, 0.6) is 0 Å². The van der Waals surface area contributed by atoms with Gasteiger partial charge in [0.25, 0.3) is 0 Å². The Morgan fingerprint density at radius 1 is 1.44 bits per heavy atom. The van der Waals surface area contributed by atoms with Crippen molar-refractivity contribution in [2.75, 3.05) is 7.11 Å². The lowest BCUT2D eigenvalue weighted by atomic mass is 9.97. The van der Waals surface area contributed by atoms with Crippen LogP contribution < -0.4 is 0 Å². The van der Waals surface area contributed by atoms with Gasteiger partial charge in [0.05, 0.1) is 7.11 Å². The molecule has 0 amide bonds. The van der Waals surface area contributed by atoms with Crippen LogP contribution in [-0.4, -0.2) is 18.7 Å². The topological polar surface area (TPSA) is 35.5 Å². The van der Waals surface area contributed by atoms with E-state index in [1.165, 1.54) is 0 Å². The monoisotopic (exact) mass is 250 g/mol. The van der Waals surface area contributed by atoms with E-state index in [-0.39, 0.29) is 11.9 Å². The van der Waals surface area contributed by atoms with Crippen molar-refractivity contribution in [1.29, 1.82) is 0 Å². The highest BCUT2D eigenvalue weighted by molar-refractivity contribution is 5.88. The molecule has 0 radical (unpaired) electrons. The quantitative estimate of drug-likeness (QED) is 0.569. The highest BCUT2D eigenvalue weighted by Gasteiger charge is 2.18. The summed E-state index contributed by atoms with van der Waals surface area (Å²) < 4.78 is 10.4. The van der Waals surface area contributed by atoms with Crippen LogP contribution in [0.2, 0.25) is 0 Å². The average Bonchev–Trinajstić information content (AvgIpc) is 2.27. The predicted octanol–water partition coefficient (Wildman–Crippen LogP) is 3.38. The third-order valence-electron chi connectivity index (χ3n) is 2.52. The van der Waals surface area contributed by atoms with Gasteiger partial charge in [0.2, 0.25) is 0 Å². The summed E-state index contributed by atoms with van der Waals surface area (Å²) in [7, 11) is 1.65. The van der Waals surface area contributed by atoms with Crippen molar-refractivity contribution in [2.24, 2.45) is 5.92 Å². The van der Waals surface area contributed by atoms with Crippen LogP contribution in [0.4, 0.5) is 0 Å². The van der Waals surface area contributed by atoms with Gasteiger partial charge in [0, 0.05) is 5.57 Å². The maximum Gasteiger partial charge on any atom is 0.333 e. The maximum absolute atomic E-state index is 11.8. The summed E-state index contributed by atoms with van der Waals surface area (Å²) in [5.41, 5.74) is 0.200. The van der Waals surface area contributed by atoms with Crippen molar-refractivity contribution in [3.05, 3.63) is 35.6 Å². The summed E-state index contributed by atoms with van der Waals surface area (Å²) in [6, 6.07) is 0. The molecule has 0 aromatic rings. The number of allylic oxidation sites excluding steroid dienone is 4.